The molecule has 6 nitrogen and oxygen atoms in total. The third-order valence-corrected chi connectivity index (χ3v) is 4.16. The third kappa shape index (κ3) is 4.80. The molecule has 1 aliphatic rings. The van der Waals surface area contributed by atoms with Gasteiger partial charge in [0, 0.05) is 26.1 Å². The average molecular weight is 379 g/mol. The lowest BCUT2D eigenvalue weighted by Crippen LogP contribution is -2.49. The molecule has 0 aromatic carbocycles. The first-order valence-corrected chi connectivity index (χ1v) is 8.28. The number of aliphatic carboxylic acids is 1. The number of rotatable bonds is 7. The highest BCUT2D eigenvalue weighted by atomic mass is 19.4. The topological polar surface area (TPSA) is 75.4 Å². The molecule has 0 radical (unpaired) electrons. The average Bonchev–Trinajstić information content (AvgIpc) is 2.47. The van der Waals surface area contributed by atoms with Crippen LogP contribution in [0, 0.1) is 5.92 Å². The maximum Gasteiger partial charge on any atom is 0.421 e. The fourth-order valence-corrected chi connectivity index (χ4v) is 2.81. The first-order chi connectivity index (χ1) is 12.0. The summed E-state index contributed by atoms with van der Waals surface area (Å²) in [5.74, 6) is -1.58. The highest BCUT2D eigenvalue weighted by Crippen LogP contribution is 2.28. The smallest absolute Gasteiger partial charge is 0.421 e. The summed E-state index contributed by atoms with van der Waals surface area (Å²) in [4.78, 5) is 25.4. The van der Waals surface area contributed by atoms with E-state index in [-0.39, 0.29) is 44.1 Å². The Labute approximate surface area is 147 Å². The van der Waals surface area contributed by atoms with Crippen molar-refractivity contribution < 1.29 is 27.5 Å². The molecule has 1 saturated heterocycles. The molecule has 146 valence electrons. The number of likely N-dealkylation sites (tertiary alicyclic amines) is 1. The highest BCUT2D eigenvalue weighted by molar-refractivity contribution is 5.71. The predicted molar refractivity (Wildman–Crippen MR) is 84.7 cm³/mol. The number of hydrogen-bond acceptors (Lipinski definition) is 4. The van der Waals surface area contributed by atoms with Gasteiger partial charge in [0.05, 0.1) is 5.69 Å². The third-order valence-electron chi connectivity index (χ3n) is 4.16. The maximum atomic E-state index is 13.2. The summed E-state index contributed by atoms with van der Waals surface area (Å²) in [5, 5.41) is 13.2. The van der Waals surface area contributed by atoms with Crippen LogP contribution in [-0.2, 0) is 17.4 Å². The molecule has 26 heavy (non-hydrogen) atoms. The van der Waals surface area contributed by atoms with Gasteiger partial charge >= 0.3 is 12.1 Å². The second-order valence-corrected chi connectivity index (χ2v) is 6.89. The Balaban J connectivity index is 2.39. The molecule has 1 atom stereocenters. The molecule has 1 N–H and O–H groups in total. The van der Waals surface area contributed by atoms with Crippen molar-refractivity contribution in [1.29, 1.82) is 0 Å². The maximum absolute atomic E-state index is 13.2. The van der Waals surface area contributed by atoms with Crippen molar-refractivity contribution in [3.63, 3.8) is 0 Å². The largest absolute Gasteiger partial charge is 0.480 e. The number of carbonyl (C=O) groups is 1. The summed E-state index contributed by atoms with van der Waals surface area (Å²) >= 11 is 0. The van der Waals surface area contributed by atoms with E-state index in [9.17, 15) is 32.3 Å². The summed E-state index contributed by atoms with van der Waals surface area (Å²) in [6.45, 7) is 4.10. The van der Waals surface area contributed by atoms with E-state index in [1.165, 1.54) is 0 Å². The van der Waals surface area contributed by atoms with Gasteiger partial charge < -0.3 is 5.11 Å². The first kappa shape index (κ1) is 20.3. The van der Waals surface area contributed by atoms with Gasteiger partial charge in [-0.3, -0.25) is 9.69 Å². The lowest BCUT2D eigenvalue weighted by atomic mass is 10.0. The van der Waals surface area contributed by atoms with Crippen LogP contribution < -0.4 is 5.56 Å². The molecule has 2 rings (SSSR count). The predicted octanol–water partition coefficient (Wildman–Crippen LogP) is 2.13. The summed E-state index contributed by atoms with van der Waals surface area (Å²) in [6.07, 6.45) is -5.83. The van der Waals surface area contributed by atoms with E-state index in [4.69, 9.17) is 0 Å². The van der Waals surface area contributed by atoms with Gasteiger partial charge in [0.25, 0.3) is 5.56 Å². The van der Waals surface area contributed by atoms with E-state index >= 15 is 0 Å². The molecule has 0 saturated carbocycles. The van der Waals surface area contributed by atoms with Crippen LogP contribution in [-0.4, -0.2) is 51.6 Å². The minimum atomic E-state index is -4.92. The normalized spacial score (nSPS) is 17.3. The Morgan fingerprint density at radius 3 is 2.46 bits per heavy atom. The number of aromatic nitrogens is 2. The fraction of sp³-hybridized carbons (Fsp3) is 0.688. The first-order valence-electron chi connectivity index (χ1n) is 8.28. The Morgan fingerprint density at radius 1 is 1.38 bits per heavy atom. The Morgan fingerprint density at radius 2 is 2.00 bits per heavy atom. The van der Waals surface area contributed by atoms with Crippen LogP contribution >= 0.6 is 0 Å². The van der Waals surface area contributed by atoms with E-state index in [0.29, 0.717) is 10.7 Å². The quantitative estimate of drug-likeness (QED) is 0.735. The van der Waals surface area contributed by atoms with Crippen molar-refractivity contribution >= 4 is 5.97 Å². The van der Waals surface area contributed by atoms with Crippen LogP contribution in [0.15, 0.2) is 10.9 Å². The molecule has 1 aliphatic heterocycles. The molecule has 1 fully saturated rings. The van der Waals surface area contributed by atoms with Gasteiger partial charge in [-0.2, -0.15) is 18.3 Å². The van der Waals surface area contributed by atoms with Crippen molar-refractivity contribution in [3.8, 4) is 0 Å². The standard InChI is InChI=1S/C16H21F4N3O3/c1-9(2)5-13(15(25)26)23-14(24)12(16(18,19)20)6-11(21-23)3-4-22-7-10(17)8-22/h6,9-10,13H,3-5,7-8H2,1-2H3,(H,25,26). The molecule has 0 amide bonds. The number of hydrogen-bond donors (Lipinski definition) is 1. The zero-order valence-corrected chi connectivity index (χ0v) is 14.5. The van der Waals surface area contributed by atoms with E-state index in [1.807, 2.05) is 0 Å². The van der Waals surface area contributed by atoms with Crippen LogP contribution in [0.4, 0.5) is 17.6 Å². The second kappa shape index (κ2) is 7.73. The zero-order valence-electron chi connectivity index (χ0n) is 14.5. The van der Waals surface area contributed by atoms with Gasteiger partial charge in [-0.05, 0) is 18.4 Å². The zero-order chi connectivity index (χ0) is 19.6. The number of carboxylic acids is 1. The molecule has 0 bridgehead atoms. The summed E-state index contributed by atoms with van der Waals surface area (Å²) in [7, 11) is 0. The molecule has 1 unspecified atom stereocenters. The lowest BCUT2D eigenvalue weighted by molar-refractivity contribution is -0.144. The van der Waals surface area contributed by atoms with Gasteiger partial charge in [0.1, 0.15) is 11.7 Å². The van der Waals surface area contributed by atoms with Gasteiger partial charge in [-0.1, -0.05) is 13.8 Å². The second-order valence-electron chi connectivity index (χ2n) is 6.89. The molecule has 2 heterocycles. The summed E-state index contributed by atoms with van der Waals surface area (Å²) in [5.41, 5.74) is -2.96. The van der Waals surface area contributed by atoms with Crippen LogP contribution in [0.25, 0.3) is 0 Å². The molecule has 0 spiro atoms. The Hall–Kier alpha value is -1.97. The molecule has 1 aromatic heterocycles. The van der Waals surface area contributed by atoms with Gasteiger partial charge in [0.15, 0.2) is 6.04 Å². The Bertz CT molecular complexity index is 712. The van der Waals surface area contributed by atoms with Crippen LogP contribution in [0.5, 0.6) is 0 Å². The van der Waals surface area contributed by atoms with Crippen molar-refractivity contribution in [2.45, 2.75) is 45.1 Å². The molecule has 10 heteroatoms. The minimum Gasteiger partial charge on any atom is -0.480 e. The fourth-order valence-electron chi connectivity index (χ4n) is 2.81. The van der Waals surface area contributed by atoms with Gasteiger partial charge in [0.2, 0.25) is 0 Å². The molecule has 1 aromatic rings. The highest BCUT2D eigenvalue weighted by Gasteiger charge is 2.37. The lowest BCUT2D eigenvalue weighted by Gasteiger charge is -2.34. The van der Waals surface area contributed by atoms with Crippen molar-refractivity contribution in [1.82, 2.24) is 14.7 Å². The minimum absolute atomic E-state index is 0.0291. The van der Waals surface area contributed by atoms with E-state index in [2.05, 4.69) is 5.10 Å². The number of halogens is 4. The van der Waals surface area contributed by atoms with E-state index in [1.54, 1.807) is 18.7 Å². The SMILES string of the molecule is CC(C)CC(C(=O)O)n1nc(CCN2CC(F)C2)cc(C(F)(F)F)c1=O. The van der Waals surface area contributed by atoms with Crippen molar-refractivity contribution in [3.05, 3.63) is 27.7 Å². The summed E-state index contributed by atoms with van der Waals surface area (Å²) < 4.78 is 52.9. The van der Waals surface area contributed by atoms with Crippen LogP contribution in [0.1, 0.15) is 37.6 Å². The van der Waals surface area contributed by atoms with Gasteiger partial charge in [-0.15, -0.1) is 0 Å². The van der Waals surface area contributed by atoms with E-state index < -0.39 is 35.5 Å². The molecular formula is C16H21F4N3O3. The van der Waals surface area contributed by atoms with Crippen LogP contribution in [0.3, 0.4) is 0 Å². The monoisotopic (exact) mass is 379 g/mol. The summed E-state index contributed by atoms with van der Waals surface area (Å²) in [6, 6.07) is -0.831. The van der Waals surface area contributed by atoms with Gasteiger partial charge in [-0.25, -0.2) is 13.9 Å². The van der Waals surface area contributed by atoms with Crippen molar-refractivity contribution in [2.24, 2.45) is 5.92 Å². The Kier molecular flexibility index (Phi) is 6.05. The van der Waals surface area contributed by atoms with Crippen LogP contribution in [0.2, 0.25) is 0 Å². The number of alkyl halides is 4. The molecule has 0 aliphatic carbocycles. The number of carboxylic acid groups (broad SMARTS) is 1. The van der Waals surface area contributed by atoms with E-state index in [0.717, 1.165) is 0 Å². The van der Waals surface area contributed by atoms with Crippen molar-refractivity contribution in [2.75, 3.05) is 19.6 Å². The number of nitrogens with zero attached hydrogens (tertiary/aromatic N) is 3. The molecular weight excluding hydrogens is 358 g/mol.